The van der Waals surface area contributed by atoms with E-state index in [2.05, 4.69) is 35.6 Å². The number of fused-ring (bicyclic) bond motifs is 2. The first-order valence-electron chi connectivity index (χ1n) is 11.1. The Labute approximate surface area is 198 Å². The molecule has 1 unspecified atom stereocenters. The van der Waals surface area contributed by atoms with Crippen molar-refractivity contribution in [3.8, 4) is 0 Å². The van der Waals surface area contributed by atoms with Crippen LogP contribution in [0.1, 0.15) is 5.56 Å². The Balaban J connectivity index is 1.27. The molecule has 9 N–H and O–H groups in total. The van der Waals surface area contributed by atoms with Crippen LogP contribution in [0, 0.1) is 0 Å². The molecule has 4 aromatic rings. The number of nitrogens with one attached hydrogen (secondary N) is 4. The zero-order chi connectivity index (χ0) is 24.5. The van der Waals surface area contributed by atoms with Gasteiger partial charge in [-0.05, 0) is 18.1 Å². The van der Waals surface area contributed by atoms with E-state index in [4.69, 9.17) is 10.5 Å². The lowest BCUT2D eigenvalue weighted by molar-refractivity contribution is -0.185. The highest BCUT2D eigenvalue weighted by Crippen LogP contribution is 2.25. The molecule has 0 saturated carbocycles. The predicted molar refractivity (Wildman–Crippen MR) is 125 cm³/mol. The van der Waals surface area contributed by atoms with Gasteiger partial charge in [0.1, 0.15) is 30.2 Å². The molecule has 1 aliphatic rings. The molecule has 0 aliphatic carbocycles. The van der Waals surface area contributed by atoms with Crippen LogP contribution >= 0.6 is 0 Å². The van der Waals surface area contributed by atoms with Crippen LogP contribution in [0.3, 0.4) is 0 Å². The van der Waals surface area contributed by atoms with E-state index in [0.717, 1.165) is 16.5 Å². The summed E-state index contributed by atoms with van der Waals surface area (Å²) in [5.41, 5.74) is 8.84. The Hall–Kier alpha value is -3.62. The SMILES string of the molecule is N[C@H](Cc1c[nH]c2ccccc12)C(=O)NC1[C@H](CO)O[C@H](Nc2ncnc3nc[nH]c23)[C@@H](O)[C@@H]1O. The molecule has 1 saturated heterocycles. The molecule has 35 heavy (non-hydrogen) atoms. The number of aliphatic hydroxyl groups excluding tert-OH is 3. The third-order valence-corrected chi connectivity index (χ3v) is 6.19. The number of anilines is 1. The number of aliphatic hydroxyl groups is 3. The van der Waals surface area contributed by atoms with Crippen molar-refractivity contribution in [3.05, 3.63) is 48.7 Å². The Bertz CT molecular complexity index is 1320. The van der Waals surface area contributed by atoms with Gasteiger partial charge in [0.2, 0.25) is 5.91 Å². The fraction of sp³-hybridized carbons (Fsp3) is 0.364. The second-order valence-electron chi connectivity index (χ2n) is 8.43. The lowest BCUT2D eigenvalue weighted by Crippen LogP contribution is -2.67. The van der Waals surface area contributed by atoms with Gasteiger partial charge >= 0.3 is 0 Å². The van der Waals surface area contributed by atoms with Gasteiger partial charge in [-0.1, -0.05) is 18.2 Å². The second kappa shape index (κ2) is 9.56. The summed E-state index contributed by atoms with van der Waals surface area (Å²) in [5.74, 6) is -0.251. The van der Waals surface area contributed by atoms with Crippen molar-refractivity contribution in [2.45, 2.75) is 43.0 Å². The highest BCUT2D eigenvalue weighted by Gasteiger charge is 2.45. The molecular formula is C22H26N8O5. The smallest absolute Gasteiger partial charge is 0.237 e. The molecule has 13 heteroatoms. The molecule has 1 amide bonds. The fourth-order valence-electron chi connectivity index (χ4n) is 4.33. The summed E-state index contributed by atoms with van der Waals surface area (Å²) in [4.78, 5) is 31.1. The molecule has 4 heterocycles. The molecule has 5 rings (SSSR count). The van der Waals surface area contributed by atoms with Crippen molar-refractivity contribution in [1.29, 1.82) is 0 Å². The largest absolute Gasteiger partial charge is 0.394 e. The van der Waals surface area contributed by atoms with E-state index in [0.29, 0.717) is 17.0 Å². The molecule has 1 fully saturated rings. The van der Waals surface area contributed by atoms with Crippen LogP contribution in [0.4, 0.5) is 5.82 Å². The number of carbonyl (C=O) groups is 1. The number of aromatic amines is 2. The number of rotatable bonds is 7. The standard InChI is InChI=1S/C22H26N8O5/c23-12(5-10-6-24-13-4-2-1-3-11(10)13)21(34)29-15-14(7-31)35-22(18(33)17(15)32)30-20-16-19(26-8-25-16)27-9-28-20/h1-4,6,8-9,12,14-15,17-18,22,24,31-33H,5,7,23H2,(H,29,34)(H2,25,26,27,28,30)/t12-,14+,15?,17-,18+,22+/m1/s1. The number of imidazole rings is 1. The van der Waals surface area contributed by atoms with Gasteiger partial charge in [-0.2, -0.15) is 0 Å². The summed E-state index contributed by atoms with van der Waals surface area (Å²) in [6.07, 6.45) is -0.271. The van der Waals surface area contributed by atoms with E-state index >= 15 is 0 Å². The summed E-state index contributed by atoms with van der Waals surface area (Å²) in [6.45, 7) is -0.520. The van der Waals surface area contributed by atoms with E-state index < -0.39 is 49.1 Å². The van der Waals surface area contributed by atoms with Crippen LogP contribution in [0.15, 0.2) is 43.1 Å². The quantitative estimate of drug-likeness (QED) is 0.157. The molecule has 0 bridgehead atoms. The third kappa shape index (κ3) is 4.42. The molecule has 184 valence electrons. The minimum absolute atomic E-state index is 0.254. The molecule has 1 aliphatic heterocycles. The maximum atomic E-state index is 12.9. The van der Waals surface area contributed by atoms with Crippen LogP contribution in [-0.4, -0.2) is 89.4 Å². The average molecular weight is 483 g/mol. The molecule has 13 nitrogen and oxygen atoms in total. The number of aromatic nitrogens is 5. The lowest BCUT2D eigenvalue weighted by Gasteiger charge is -2.43. The molecule has 0 spiro atoms. The van der Waals surface area contributed by atoms with Gasteiger partial charge in [0.15, 0.2) is 17.7 Å². The van der Waals surface area contributed by atoms with E-state index in [1.165, 1.54) is 12.7 Å². The van der Waals surface area contributed by atoms with Crippen LogP contribution < -0.4 is 16.4 Å². The second-order valence-corrected chi connectivity index (χ2v) is 8.43. The Morgan fingerprint density at radius 3 is 2.83 bits per heavy atom. The zero-order valence-corrected chi connectivity index (χ0v) is 18.5. The van der Waals surface area contributed by atoms with Gasteiger partial charge in [-0.15, -0.1) is 0 Å². The maximum Gasteiger partial charge on any atom is 0.237 e. The summed E-state index contributed by atoms with van der Waals surface area (Å²) >= 11 is 0. The van der Waals surface area contributed by atoms with Crippen LogP contribution in [-0.2, 0) is 16.0 Å². The zero-order valence-electron chi connectivity index (χ0n) is 18.5. The molecule has 6 atom stereocenters. The monoisotopic (exact) mass is 482 g/mol. The Morgan fingerprint density at radius 2 is 2.00 bits per heavy atom. The van der Waals surface area contributed by atoms with Gasteiger partial charge in [0, 0.05) is 17.1 Å². The van der Waals surface area contributed by atoms with Crippen molar-refractivity contribution < 1.29 is 24.9 Å². The van der Waals surface area contributed by atoms with Crippen molar-refractivity contribution >= 4 is 33.8 Å². The fourth-order valence-corrected chi connectivity index (χ4v) is 4.33. The van der Waals surface area contributed by atoms with E-state index in [1.54, 1.807) is 6.20 Å². The number of H-pyrrole nitrogens is 2. The van der Waals surface area contributed by atoms with Gasteiger partial charge in [0.25, 0.3) is 0 Å². The lowest BCUT2D eigenvalue weighted by atomic mass is 9.94. The Kier molecular flexibility index (Phi) is 6.32. The highest BCUT2D eigenvalue weighted by molar-refractivity contribution is 5.86. The summed E-state index contributed by atoms with van der Waals surface area (Å²) in [7, 11) is 0. The van der Waals surface area contributed by atoms with E-state index in [9.17, 15) is 20.1 Å². The number of ether oxygens (including phenoxy) is 1. The number of hydrogen-bond acceptors (Lipinski definition) is 10. The van der Waals surface area contributed by atoms with Crippen LogP contribution in [0.25, 0.3) is 22.1 Å². The highest BCUT2D eigenvalue weighted by atomic mass is 16.5. The first kappa shape index (κ1) is 23.1. The third-order valence-electron chi connectivity index (χ3n) is 6.19. The molecular weight excluding hydrogens is 456 g/mol. The van der Waals surface area contributed by atoms with Crippen molar-refractivity contribution in [3.63, 3.8) is 0 Å². The number of amides is 1. The van der Waals surface area contributed by atoms with Gasteiger partial charge in [-0.3, -0.25) is 4.79 Å². The van der Waals surface area contributed by atoms with Crippen molar-refractivity contribution in [2.24, 2.45) is 5.73 Å². The number of benzene rings is 1. The average Bonchev–Trinajstić information content (AvgIpc) is 3.51. The van der Waals surface area contributed by atoms with E-state index in [1.807, 2.05) is 24.3 Å². The minimum Gasteiger partial charge on any atom is -0.394 e. The first-order chi connectivity index (χ1) is 17.0. The van der Waals surface area contributed by atoms with Gasteiger partial charge in [-0.25, -0.2) is 15.0 Å². The number of nitrogens with zero attached hydrogens (tertiary/aromatic N) is 3. The van der Waals surface area contributed by atoms with Crippen molar-refractivity contribution in [2.75, 3.05) is 11.9 Å². The van der Waals surface area contributed by atoms with Crippen molar-refractivity contribution in [1.82, 2.24) is 30.2 Å². The van der Waals surface area contributed by atoms with E-state index in [-0.39, 0.29) is 6.42 Å². The minimum atomic E-state index is -1.46. The summed E-state index contributed by atoms with van der Waals surface area (Å²) < 4.78 is 5.78. The summed E-state index contributed by atoms with van der Waals surface area (Å²) in [6, 6.07) is 5.65. The van der Waals surface area contributed by atoms with Gasteiger partial charge < -0.3 is 46.4 Å². The molecule has 1 aromatic carbocycles. The Morgan fingerprint density at radius 1 is 1.17 bits per heavy atom. The van der Waals surface area contributed by atoms with Crippen LogP contribution in [0.5, 0.6) is 0 Å². The molecule has 0 radical (unpaired) electrons. The maximum absolute atomic E-state index is 12.9. The summed E-state index contributed by atoms with van der Waals surface area (Å²) in [5, 5.41) is 37.9. The van der Waals surface area contributed by atoms with Gasteiger partial charge in [0.05, 0.1) is 25.0 Å². The first-order valence-corrected chi connectivity index (χ1v) is 11.1. The normalized spacial score (nSPS) is 25.5. The number of hydrogen-bond donors (Lipinski definition) is 8. The molecule has 3 aromatic heterocycles. The number of carbonyl (C=O) groups excluding carboxylic acids is 1. The number of nitrogens with two attached hydrogens (primary N) is 1. The topological polar surface area (TPSA) is 207 Å². The number of para-hydroxylation sites is 1. The van der Waals surface area contributed by atoms with Crippen LogP contribution in [0.2, 0.25) is 0 Å². The predicted octanol–water partition coefficient (Wildman–Crippen LogP) is -1.26.